The van der Waals surface area contributed by atoms with E-state index in [4.69, 9.17) is 5.11 Å². The average molecular weight is 314 g/mol. The third-order valence-electron chi connectivity index (χ3n) is 4.17. The zero-order chi connectivity index (χ0) is 16.5. The van der Waals surface area contributed by atoms with Crippen molar-refractivity contribution in [2.45, 2.75) is 6.42 Å². The summed E-state index contributed by atoms with van der Waals surface area (Å²) in [6.07, 6.45) is 5.39. The van der Waals surface area contributed by atoms with Crippen LogP contribution in [0, 0.1) is 0 Å². The highest BCUT2D eigenvalue weighted by molar-refractivity contribution is 6.24. The number of carbonyl (C=O) groups is 1. The number of fused-ring (bicyclic) bond motifs is 3. The average Bonchev–Trinajstić information content (AvgIpc) is 2.94. The molecule has 1 N–H and O–H groups in total. The summed E-state index contributed by atoms with van der Waals surface area (Å²) in [5.74, 6) is -0.921. The topological polar surface area (TPSA) is 62.0 Å². The second-order valence-electron chi connectivity index (χ2n) is 5.63. The van der Waals surface area contributed by atoms with Crippen LogP contribution in [0.4, 0.5) is 0 Å². The molecule has 2 aliphatic rings. The minimum atomic E-state index is -0.921. The Bertz CT molecular complexity index is 918. The summed E-state index contributed by atoms with van der Waals surface area (Å²) < 4.78 is 0. The Kier molecular flexibility index (Phi) is 3.43. The van der Waals surface area contributed by atoms with Crippen LogP contribution < -0.4 is 0 Å². The number of allylic oxidation sites excluding steroid dienone is 2. The summed E-state index contributed by atoms with van der Waals surface area (Å²) in [7, 11) is 0. The minimum absolute atomic E-state index is 0.290. The zero-order valence-corrected chi connectivity index (χ0v) is 12.8. The van der Waals surface area contributed by atoms with Gasteiger partial charge in [0.25, 0.3) is 0 Å². The summed E-state index contributed by atoms with van der Waals surface area (Å²) in [6.45, 7) is 0. The van der Waals surface area contributed by atoms with Gasteiger partial charge in [-0.3, -0.25) is 0 Å². The molecule has 4 rings (SSSR count). The fourth-order valence-electron chi connectivity index (χ4n) is 2.99. The molecule has 24 heavy (non-hydrogen) atoms. The van der Waals surface area contributed by atoms with Gasteiger partial charge < -0.3 is 5.11 Å². The standard InChI is InChI=1S/C20H14N2O2/c23-20(24)13-9-11-14(12-10-13)21-22-19-17-7-3-1-5-15(17)16-6-2-4-8-18(16)19/h1-11H,12H2,(H,23,24). The van der Waals surface area contributed by atoms with E-state index < -0.39 is 5.97 Å². The lowest BCUT2D eigenvalue weighted by Crippen LogP contribution is -2.05. The van der Waals surface area contributed by atoms with E-state index in [0.717, 1.165) is 22.6 Å². The van der Waals surface area contributed by atoms with Crippen molar-refractivity contribution in [3.63, 3.8) is 0 Å². The van der Waals surface area contributed by atoms with Crippen molar-refractivity contribution in [1.82, 2.24) is 0 Å². The smallest absolute Gasteiger partial charge is 0.335 e. The molecule has 0 amide bonds. The van der Waals surface area contributed by atoms with Crippen LogP contribution in [0.5, 0.6) is 0 Å². The zero-order valence-electron chi connectivity index (χ0n) is 12.8. The van der Waals surface area contributed by atoms with Gasteiger partial charge >= 0.3 is 5.97 Å². The third-order valence-corrected chi connectivity index (χ3v) is 4.17. The highest BCUT2D eigenvalue weighted by atomic mass is 16.4. The summed E-state index contributed by atoms with van der Waals surface area (Å²) in [5, 5.41) is 17.8. The quantitative estimate of drug-likeness (QED) is 0.731. The van der Waals surface area contributed by atoms with Crippen molar-refractivity contribution >= 4 is 17.4 Å². The molecule has 0 atom stereocenters. The van der Waals surface area contributed by atoms with Crippen LogP contribution in [0.25, 0.3) is 11.1 Å². The van der Waals surface area contributed by atoms with Crippen molar-refractivity contribution in [3.8, 4) is 11.1 Å². The van der Waals surface area contributed by atoms with Gasteiger partial charge in [-0.2, -0.15) is 5.10 Å². The largest absolute Gasteiger partial charge is 0.478 e. The molecule has 4 nitrogen and oxygen atoms in total. The summed E-state index contributed by atoms with van der Waals surface area (Å²) in [5.41, 5.74) is 6.37. The number of nitrogens with zero attached hydrogens (tertiary/aromatic N) is 2. The van der Waals surface area contributed by atoms with E-state index in [9.17, 15) is 4.79 Å². The normalized spacial score (nSPS) is 16.6. The van der Waals surface area contributed by atoms with E-state index in [1.165, 1.54) is 11.1 Å². The Hall–Kier alpha value is -3.27. The molecular formula is C20H14N2O2. The van der Waals surface area contributed by atoms with E-state index >= 15 is 0 Å². The molecule has 0 spiro atoms. The lowest BCUT2D eigenvalue weighted by molar-refractivity contribution is -0.132. The lowest BCUT2D eigenvalue weighted by Gasteiger charge is -2.04. The Morgan fingerprint density at radius 1 is 0.833 bits per heavy atom. The molecule has 2 aromatic rings. The van der Waals surface area contributed by atoms with Crippen molar-refractivity contribution in [2.24, 2.45) is 10.2 Å². The molecular weight excluding hydrogens is 300 g/mol. The van der Waals surface area contributed by atoms with Crippen LogP contribution in [0.15, 0.2) is 82.5 Å². The van der Waals surface area contributed by atoms with E-state index in [-0.39, 0.29) is 5.57 Å². The van der Waals surface area contributed by atoms with Crippen LogP contribution in [0.3, 0.4) is 0 Å². The van der Waals surface area contributed by atoms with Crippen molar-refractivity contribution < 1.29 is 9.90 Å². The molecule has 0 aliphatic heterocycles. The Morgan fingerprint density at radius 2 is 1.42 bits per heavy atom. The predicted octanol–water partition coefficient (Wildman–Crippen LogP) is 3.83. The minimum Gasteiger partial charge on any atom is -0.478 e. The van der Waals surface area contributed by atoms with Gasteiger partial charge in [-0.1, -0.05) is 54.6 Å². The van der Waals surface area contributed by atoms with Crippen LogP contribution in [0.1, 0.15) is 17.5 Å². The molecule has 0 radical (unpaired) electrons. The van der Waals surface area contributed by atoms with Gasteiger partial charge in [-0.05, 0) is 23.3 Å². The first-order chi connectivity index (χ1) is 11.7. The molecule has 0 aromatic heterocycles. The Morgan fingerprint density at radius 3 is 1.92 bits per heavy atom. The van der Waals surface area contributed by atoms with Gasteiger partial charge in [0.15, 0.2) is 0 Å². The van der Waals surface area contributed by atoms with Gasteiger partial charge in [0.05, 0.1) is 11.3 Å². The fraction of sp³-hybridized carbons (Fsp3) is 0.0500. The predicted molar refractivity (Wildman–Crippen MR) is 94.4 cm³/mol. The second kappa shape index (κ2) is 5.74. The molecule has 2 aliphatic carbocycles. The summed E-state index contributed by atoms with van der Waals surface area (Å²) >= 11 is 0. The summed E-state index contributed by atoms with van der Waals surface area (Å²) in [4.78, 5) is 10.9. The lowest BCUT2D eigenvalue weighted by atomic mass is 10.1. The van der Waals surface area contributed by atoms with Crippen LogP contribution in [0.2, 0.25) is 0 Å². The Balaban J connectivity index is 1.73. The van der Waals surface area contributed by atoms with Gasteiger partial charge in [0, 0.05) is 17.5 Å². The SMILES string of the molecule is O=C(O)C1=CCC(=NN=C2c3ccccc3-c3ccccc32)C=C1. The van der Waals surface area contributed by atoms with E-state index in [0.29, 0.717) is 6.42 Å². The van der Waals surface area contributed by atoms with E-state index in [1.807, 2.05) is 36.4 Å². The van der Waals surface area contributed by atoms with Crippen molar-refractivity contribution in [2.75, 3.05) is 0 Å². The van der Waals surface area contributed by atoms with Gasteiger partial charge in [0.2, 0.25) is 0 Å². The first-order valence-corrected chi connectivity index (χ1v) is 7.69. The number of carboxylic acids is 1. The first kappa shape index (κ1) is 14.3. The van der Waals surface area contributed by atoms with Crippen molar-refractivity contribution in [1.29, 1.82) is 0 Å². The number of benzene rings is 2. The molecule has 0 fully saturated rings. The summed E-state index contributed by atoms with van der Waals surface area (Å²) in [6, 6.07) is 16.3. The van der Waals surface area contributed by atoms with Crippen LogP contribution >= 0.6 is 0 Å². The molecule has 0 saturated carbocycles. The maximum atomic E-state index is 10.9. The van der Waals surface area contributed by atoms with E-state index in [2.05, 4.69) is 22.3 Å². The molecule has 116 valence electrons. The van der Waals surface area contributed by atoms with Gasteiger partial charge in [0.1, 0.15) is 5.71 Å². The Labute approximate surface area is 139 Å². The third kappa shape index (κ3) is 2.38. The highest BCUT2D eigenvalue weighted by Crippen LogP contribution is 2.36. The molecule has 4 heteroatoms. The molecule has 0 bridgehead atoms. The van der Waals surface area contributed by atoms with Gasteiger partial charge in [-0.15, -0.1) is 5.10 Å². The monoisotopic (exact) mass is 314 g/mol. The molecule has 0 saturated heterocycles. The maximum Gasteiger partial charge on any atom is 0.335 e. The number of carboxylic acid groups (broad SMARTS) is 1. The van der Waals surface area contributed by atoms with Crippen LogP contribution in [-0.2, 0) is 4.79 Å². The molecule has 0 unspecified atom stereocenters. The van der Waals surface area contributed by atoms with Gasteiger partial charge in [-0.25, -0.2) is 4.79 Å². The van der Waals surface area contributed by atoms with E-state index in [1.54, 1.807) is 18.2 Å². The highest BCUT2D eigenvalue weighted by Gasteiger charge is 2.23. The number of rotatable bonds is 2. The number of hydrogen-bond acceptors (Lipinski definition) is 3. The maximum absolute atomic E-state index is 10.9. The number of hydrogen-bond donors (Lipinski definition) is 1. The van der Waals surface area contributed by atoms with Crippen LogP contribution in [-0.4, -0.2) is 22.5 Å². The fourth-order valence-corrected chi connectivity index (χ4v) is 2.99. The van der Waals surface area contributed by atoms with Crippen molar-refractivity contribution in [3.05, 3.63) is 83.5 Å². The number of aliphatic carboxylic acids is 1. The second-order valence-corrected chi connectivity index (χ2v) is 5.63. The molecule has 2 aromatic carbocycles. The molecule has 0 heterocycles. The first-order valence-electron chi connectivity index (χ1n) is 7.69.